The lowest BCUT2D eigenvalue weighted by Crippen LogP contribution is -2.53. The van der Waals surface area contributed by atoms with Gasteiger partial charge in [0, 0.05) is 31.6 Å². The molecule has 2 heterocycles. The van der Waals surface area contributed by atoms with E-state index in [0.29, 0.717) is 18.9 Å². The van der Waals surface area contributed by atoms with Crippen LogP contribution in [0.15, 0.2) is 24.3 Å². The third-order valence-electron chi connectivity index (χ3n) is 5.37. The molecule has 2 saturated heterocycles. The maximum Gasteiger partial charge on any atom is 0.228 e. The maximum absolute atomic E-state index is 13.1. The molecule has 0 aromatic heterocycles. The Hall–Kier alpha value is -1.79. The van der Waals surface area contributed by atoms with Crippen molar-refractivity contribution in [3.8, 4) is 5.75 Å². The van der Waals surface area contributed by atoms with Crippen LogP contribution in [-0.2, 0) is 9.59 Å². The average molecular weight is 396 g/mol. The molecule has 7 heteroatoms. The second kappa shape index (κ2) is 9.42. The minimum Gasteiger partial charge on any atom is -0.492 e. The van der Waals surface area contributed by atoms with Gasteiger partial charge in [-0.15, -0.1) is 12.4 Å². The van der Waals surface area contributed by atoms with E-state index in [4.69, 9.17) is 10.5 Å². The summed E-state index contributed by atoms with van der Waals surface area (Å²) in [6, 6.07) is 7.54. The van der Waals surface area contributed by atoms with Crippen LogP contribution in [0, 0.1) is 5.92 Å². The molecule has 6 nitrogen and oxygen atoms in total. The number of carbonyl (C=O) groups excluding carboxylic acids is 2. The van der Waals surface area contributed by atoms with E-state index in [9.17, 15) is 9.59 Å². The van der Waals surface area contributed by atoms with Gasteiger partial charge in [0.25, 0.3) is 0 Å². The van der Waals surface area contributed by atoms with Crippen molar-refractivity contribution in [1.82, 2.24) is 4.90 Å². The Balaban J connectivity index is 0.00000261. The molecule has 2 aliphatic heterocycles. The largest absolute Gasteiger partial charge is 0.492 e. The highest BCUT2D eigenvalue weighted by atomic mass is 35.5. The molecule has 27 heavy (non-hydrogen) atoms. The Labute approximate surface area is 167 Å². The van der Waals surface area contributed by atoms with Gasteiger partial charge in [-0.05, 0) is 45.2 Å². The second-order valence-corrected chi connectivity index (χ2v) is 7.26. The predicted octanol–water partition coefficient (Wildman–Crippen LogP) is 2.59. The van der Waals surface area contributed by atoms with Gasteiger partial charge in [-0.1, -0.05) is 12.1 Å². The number of ether oxygens (including phenoxy) is 1. The summed E-state index contributed by atoms with van der Waals surface area (Å²) in [6.07, 6.45) is 3.31. The Morgan fingerprint density at radius 1 is 1.33 bits per heavy atom. The first-order valence-corrected chi connectivity index (χ1v) is 9.61. The maximum atomic E-state index is 13.1. The van der Waals surface area contributed by atoms with Gasteiger partial charge in [0.2, 0.25) is 11.8 Å². The highest BCUT2D eigenvalue weighted by molar-refractivity contribution is 6.01. The topological polar surface area (TPSA) is 75.9 Å². The van der Waals surface area contributed by atoms with Crippen molar-refractivity contribution in [3.05, 3.63) is 24.3 Å². The number of hydrogen-bond donors (Lipinski definition) is 1. The molecule has 3 rings (SSSR count). The summed E-state index contributed by atoms with van der Waals surface area (Å²) in [5.41, 5.74) is 6.85. The number of likely N-dealkylation sites (tertiary alicyclic amines) is 1. The van der Waals surface area contributed by atoms with Crippen molar-refractivity contribution < 1.29 is 14.3 Å². The minimum atomic E-state index is -0.309. The molecular weight excluding hydrogens is 366 g/mol. The van der Waals surface area contributed by atoms with E-state index < -0.39 is 0 Å². The summed E-state index contributed by atoms with van der Waals surface area (Å²) in [7, 11) is 0. The summed E-state index contributed by atoms with van der Waals surface area (Å²) in [4.78, 5) is 29.3. The monoisotopic (exact) mass is 395 g/mol. The first-order chi connectivity index (χ1) is 12.5. The summed E-state index contributed by atoms with van der Waals surface area (Å²) >= 11 is 0. The van der Waals surface area contributed by atoms with E-state index >= 15 is 0 Å². The van der Waals surface area contributed by atoms with Gasteiger partial charge in [-0.3, -0.25) is 9.59 Å². The molecular formula is C20H30ClN3O3. The van der Waals surface area contributed by atoms with Crippen molar-refractivity contribution in [2.24, 2.45) is 11.7 Å². The van der Waals surface area contributed by atoms with Crippen LogP contribution in [0.2, 0.25) is 0 Å². The lowest BCUT2D eigenvalue weighted by molar-refractivity contribution is -0.139. The van der Waals surface area contributed by atoms with Crippen LogP contribution in [0.1, 0.15) is 39.5 Å². The molecule has 0 radical (unpaired) electrons. The molecule has 2 amide bonds. The van der Waals surface area contributed by atoms with Crippen LogP contribution in [-0.4, -0.2) is 48.5 Å². The van der Waals surface area contributed by atoms with E-state index in [1.165, 1.54) is 0 Å². The number of carbonyl (C=O) groups is 2. The zero-order valence-corrected chi connectivity index (χ0v) is 16.9. The molecule has 3 unspecified atom stereocenters. The molecule has 150 valence electrons. The fraction of sp³-hybridized carbons (Fsp3) is 0.600. The van der Waals surface area contributed by atoms with E-state index in [1.54, 1.807) is 4.90 Å². The molecule has 0 spiro atoms. The highest BCUT2D eigenvalue weighted by Crippen LogP contribution is 2.34. The number of amides is 2. The molecule has 1 aromatic carbocycles. The smallest absolute Gasteiger partial charge is 0.228 e. The lowest BCUT2D eigenvalue weighted by atomic mass is 9.94. The second-order valence-electron chi connectivity index (χ2n) is 7.26. The highest BCUT2D eigenvalue weighted by Gasteiger charge is 2.40. The van der Waals surface area contributed by atoms with Gasteiger partial charge >= 0.3 is 0 Å². The predicted molar refractivity (Wildman–Crippen MR) is 108 cm³/mol. The molecule has 2 N–H and O–H groups in total. The van der Waals surface area contributed by atoms with Gasteiger partial charge in [0.1, 0.15) is 5.75 Å². The number of halogens is 1. The zero-order chi connectivity index (χ0) is 18.7. The van der Waals surface area contributed by atoms with Gasteiger partial charge in [-0.25, -0.2) is 0 Å². The van der Waals surface area contributed by atoms with Crippen molar-refractivity contribution in [1.29, 1.82) is 0 Å². The number of piperidine rings is 1. The summed E-state index contributed by atoms with van der Waals surface area (Å²) in [6.45, 7) is 5.56. The number of nitrogens with two attached hydrogens (primary N) is 1. The summed E-state index contributed by atoms with van der Waals surface area (Å²) in [5.74, 6) is 0.418. The minimum absolute atomic E-state index is 0. The summed E-state index contributed by atoms with van der Waals surface area (Å²) < 4.78 is 5.65. The Bertz CT molecular complexity index is 668. The van der Waals surface area contributed by atoms with Gasteiger partial charge in [0.05, 0.1) is 18.2 Å². The number of para-hydroxylation sites is 2. The first kappa shape index (κ1) is 21.5. The van der Waals surface area contributed by atoms with Crippen molar-refractivity contribution in [2.75, 3.05) is 24.6 Å². The molecule has 0 bridgehead atoms. The van der Waals surface area contributed by atoms with Crippen LogP contribution < -0.4 is 15.4 Å². The van der Waals surface area contributed by atoms with Crippen molar-refractivity contribution in [3.63, 3.8) is 0 Å². The molecule has 1 aromatic rings. The SMILES string of the molecule is CCOc1ccccc1N1CC(C(=O)N2CCCCC2C(C)N)CC1=O.Cl. The standard InChI is InChI=1S/C20H29N3O3.ClH/c1-3-26-18-10-5-4-9-17(18)23-13-15(12-19(23)24)20(25)22-11-7-6-8-16(22)14(2)21;/h4-5,9-10,14-16H,3,6-8,11-13,21H2,1-2H3;1H. The van der Waals surface area contributed by atoms with E-state index in [2.05, 4.69) is 0 Å². The Kier molecular flexibility index (Phi) is 7.50. The van der Waals surface area contributed by atoms with Crippen LogP contribution in [0.4, 0.5) is 5.69 Å². The number of benzene rings is 1. The fourth-order valence-corrected chi connectivity index (χ4v) is 4.08. The van der Waals surface area contributed by atoms with E-state index in [0.717, 1.165) is 31.5 Å². The quantitative estimate of drug-likeness (QED) is 0.831. The first-order valence-electron chi connectivity index (χ1n) is 9.61. The third-order valence-corrected chi connectivity index (χ3v) is 5.37. The third kappa shape index (κ3) is 4.55. The van der Waals surface area contributed by atoms with Gasteiger partial charge < -0.3 is 20.3 Å². The Morgan fingerprint density at radius 2 is 2.07 bits per heavy atom. The summed E-state index contributed by atoms with van der Waals surface area (Å²) in [5, 5.41) is 0. The van der Waals surface area contributed by atoms with Crippen LogP contribution >= 0.6 is 12.4 Å². The number of nitrogens with zero attached hydrogens (tertiary/aromatic N) is 2. The van der Waals surface area contributed by atoms with Crippen LogP contribution in [0.25, 0.3) is 0 Å². The Morgan fingerprint density at radius 3 is 2.78 bits per heavy atom. The molecule has 3 atom stereocenters. The fourth-order valence-electron chi connectivity index (χ4n) is 4.08. The van der Waals surface area contributed by atoms with E-state index in [-0.39, 0.29) is 48.6 Å². The van der Waals surface area contributed by atoms with E-state index in [1.807, 2.05) is 43.0 Å². The molecule has 0 aliphatic carbocycles. The zero-order valence-electron chi connectivity index (χ0n) is 16.1. The van der Waals surface area contributed by atoms with Gasteiger partial charge in [0.15, 0.2) is 0 Å². The van der Waals surface area contributed by atoms with Crippen molar-refractivity contribution >= 4 is 29.9 Å². The van der Waals surface area contributed by atoms with Gasteiger partial charge in [-0.2, -0.15) is 0 Å². The normalized spacial score (nSPS) is 23.7. The molecule has 2 fully saturated rings. The van der Waals surface area contributed by atoms with Crippen molar-refractivity contribution in [2.45, 2.75) is 51.6 Å². The number of hydrogen-bond acceptors (Lipinski definition) is 4. The average Bonchev–Trinajstić information content (AvgIpc) is 3.03. The molecule has 2 aliphatic rings. The van der Waals surface area contributed by atoms with Crippen LogP contribution in [0.3, 0.4) is 0 Å². The van der Waals surface area contributed by atoms with Crippen LogP contribution in [0.5, 0.6) is 5.75 Å². The number of anilines is 1. The molecule has 0 saturated carbocycles. The lowest BCUT2D eigenvalue weighted by Gasteiger charge is -2.39. The number of rotatable bonds is 5.